The fourth-order valence-electron chi connectivity index (χ4n) is 4.43. The molecule has 2 aromatic carbocycles. The van der Waals surface area contributed by atoms with Crippen molar-refractivity contribution in [2.75, 3.05) is 46.6 Å². The van der Waals surface area contributed by atoms with Gasteiger partial charge in [0.15, 0.2) is 11.5 Å². The number of methoxy groups -OCH3 is 1. The summed E-state index contributed by atoms with van der Waals surface area (Å²) < 4.78 is 25.3. The van der Waals surface area contributed by atoms with E-state index >= 15 is 0 Å². The minimum Gasteiger partial charge on any atom is -0.493 e. The number of aryl methyl sites for hydroxylation is 2. The molecule has 0 radical (unpaired) electrons. The molecule has 9 heteroatoms. The van der Waals surface area contributed by atoms with Crippen LogP contribution >= 0.6 is 11.6 Å². The zero-order chi connectivity index (χ0) is 26.1. The maximum Gasteiger partial charge on any atom is 0.161 e. The first-order valence-electron chi connectivity index (χ1n) is 12.7. The van der Waals surface area contributed by atoms with E-state index in [0.717, 1.165) is 36.5 Å². The van der Waals surface area contributed by atoms with E-state index in [1.54, 1.807) is 31.4 Å². The summed E-state index contributed by atoms with van der Waals surface area (Å²) in [6.07, 6.45) is 5.64. The first kappa shape index (κ1) is 27.3. The SMILES string of the molecule is CCc1nccn1CCCOc1ccc(CN2CCOC[C@@](O)(COc3ccc(Cl)cc3)C2)cc1OC. The highest BCUT2D eigenvalue weighted by molar-refractivity contribution is 6.30. The molecule has 1 aliphatic rings. The maximum atomic E-state index is 11.2. The Hall–Kier alpha value is -2.78. The van der Waals surface area contributed by atoms with Gasteiger partial charge >= 0.3 is 0 Å². The second-order valence-corrected chi connectivity index (χ2v) is 9.74. The summed E-state index contributed by atoms with van der Waals surface area (Å²) in [5.74, 6) is 3.16. The normalized spacial score (nSPS) is 18.4. The molecule has 1 aliphatic heterocycles. The predicted octanol–water partition coefficient (Wildman–Crippen LogP) is 4.22. The van der Waals surface area contributed by atoms with E-state index in [2.05, 4.69) is 21.4 Å². The van der Waals surface area contributed by atoms with Gasteiger partial charge in [-0.25, -0.2) is 4.98 Å². The lowest BCUT2D eigenvalue weighted by Crippen LogP contribution is -2.48. The predicted molar refractivity (Wildman–Crippen MR) is 143 cm³/mol. The maximum absolute atomic E-state index is 11.2. The van der Waals surface area contributed by atoms with Gasteiger partial charge in [0, 0.05) is 50.0 Å². The van der Waals surface area contributed by atoms with Crippen molar-refractivity contribution in [3.05, 3.63) is 71.3 Å². The fraction of sp³-hybridized carbons (Fsp3) is 0.464. The van der Waals surface area contributed by atoms with E-state index in [1.165, 1.54) is 0 Å². The van der Waals surface area contributed by atoms with E-state index in [9.17, 15) is 5.11 Å². The van der Waals surface area contributed by atoms with E-state index < -0.39 is 5.60 Å². The molecule has 1 N–H and O–H groups in total. The molecule has 0 spiro atoms. The Morgan fingerprint density at radius 3 is 2.76 bits per heavy atom. The van der Waals surface area contributed by atoms with Crippen molar-refractivity contribution in [1.82, 2.24) is 14.5 Å². The van der Waals surface area contributed by atoms with Gasteiger partial charge < -0.3 is 28.6 Å². The summed E-state index contributed by atoms with van der Waals surface area (Å²) in [6.45, 7) is 6.21. The van der Waals surface area contributed by atoms with Crippen LogP contribution in [0.3, 0.4) is 0 Å². The summed E-state index contributed by atoms with van der Waals surface area (Å²) in [4.78, 5) is 6.53. The second kappa shape index (κ2) is 13.1. The van der Waals surface area contributed by atoms with Gasteiger partial charge in [-0.15, -0.1) is 0 Å². The van der Waals surface area contributed by atoms with Crippen LogP contribution in [-0.2, 0) is 24.2 Å². The second-order valence-electron chi connectivity index (χ2n) is 9.31. The number of hydrogen-bond acceptors (Lipinski definition) is 7. The Morgan fingerprint density at radius 2 is 1.97 bits per heavy atom. The quantitative estimate of drug-likeness (QED) is 0.352. The first-order valence-corrected chi connectivity index (χ1v) is 13.1. The Labute approximate surface area is 223 Å². The van der Waals surface area contributed by atoms with Crippen LogP contribution in [-0.4, -0.2) is 71.8 Å². The molecule has 0 unspecified atom stereocenters. The number of aliphatic hydroxyl groups is 1. The van der Waals surface area contributed by atoms with Crippen molar-refractivity contribution in [3.63, 3.8) is 0 Å². The van der Waals surface area contributed by atoms with Gasteiger partial charge in [-0.05, 0) is 48.4 Å². The summed E-state index contributed by atoms with van der Waals surface area (Å²) >= 11 is 5.95. The standard InChI is InChI=1S/C28H36ClN3O5/c1-3-27-30-11-13-32(27)12-4-15-36-25-10-5-22(17-26(25)34-2)18-31-14-16-35-20-28(33,19-31)21-37-24-8-6-23(29)7-9-24/h5-11,13,17,33H,3-4,12,14-16,18-21H2,1-2H3/t28-/m1/s1. The van der Waals surface area contributed by atoms with Crippen LogP contribution in [0.4, 0.5) is 0 Å². The zero-order valence-electron chi connectivity index (χ0n) is 21.6. The van der Waals surface area contributed by atoms with Gasteiger partial charge in [0.25, 0.3) is 0 Å². The molecule has 1 saturated heterocycles. The summed E-state index contributed by atoms with van der Waals surface area (Å²) in [6, 6.07) is 13.1. The Bertz CT molecular complexity index is 1120. The van der Waals surface area contributed by atoms with Crippen LogP contribution in [0.15, 0.2) is 54.9 Å². The third-order valence-electron chi connectivity index (χ3n) is 6.31. The number of imidazole rings is 1. The lowest BCUT2D eigenvalue weighted by Gasteiger charge is -2.30. The topological polar surface area (TPSA) is 78.2 Å². The molecule has 0 amide bonds. The van der Waals surface area contributed by atoms with Crippen LogP contribution in [0.1, 0.15) is 24.7 Å². The Kier molecular flexibility index (Phi) is 9.68. The van der Waals surface area contributed by atoms with Gasteiger partial charge in [0.2, 0.25) is 0 Å². The number of rotatable bonds is 12. The minimum absolute atomic E-state index is 0.125. The number of ether oxygens (including phenoxy) is 4. The fourth-order valence-corrected chi connectivity index (χ4v) is 4.56. The van der Waals surface area contributed by atoms with Crippen molar-refractivity contribution in [2.24, 2.45) is 0 Å². The van der Waals surface area contributed by atoms with Gasteiger partial charge in [-0.2, -0.15) is 0 Å². The van der Waals surface area contributed by atoms with Crippen molar-refractivity contribution in [3.8, 4) is 17.2 Å². The van der Waals surface area contributed by atoms with Crippen molar-refractivity contribution >= 4 is 11.6 Å². The molecular weight excluding hydrogens is 494 g/mol. The number of β-amino-alcohol motifs (C(OH)–C–C–N with tert-alkyl or cyclic N) is 1. The van der Waals surface area contributed by atoms with Crippen LogP contribution in [0.25, 0.3) is 0 Å². The molecule has 4 rings (SSSR count). The van der Waals surface area contributed by atoms with Gasteiger partial charge in [0.1, 0.15) is 23.8 Å². The van der Waals surface area contributed by atoms with Crippen LogP contribution in [0.5, 0.6) is 17.2 Å². The highest BCUT2D eigenvalue weighted by Gasteiger charge is 2.33. The number of halogens is 1. The zero-order valence-corrected chi connectivity index (χ0v) is 22.3. The molecule has 1 atom stereocenters. The Balaban J connectivity index is 1.31. The van der Waals surface area contributed by atoms with E-state index in [4.69, 9.17) is 30.5 Å². The van der Waals surface area contributed by atoms with Gasteiger partial charge in [-0.1, -0.05) is 24.6 Å². The van der Waals surface area contributed by atoms with Crippen molar-refractivity contribution < 1.29 is 24.1 Å². The number of aromatic nitrogens is 2. The van der Waals surface area contributed by atoms with E-state index in [1.807, 2.05) is 30.6 Å². The molecule has 8 nitrogen and oxygen atoms in total. The average molecular weight is 530 g/mol. The highest BCUT2D eigenvalue weighted by atomic mass is 35.5. The summed E-state index contributed by atoms with van der Waals surface area (Å²) in [7, 11) is 1.65. The Morgan fingerprint density at radius 1 is 1.14 bits per heavy atom. The van der Waals surface area contributed by atoms with Crippen LogP contribution in [0.2, 0.25) is 5.02 Å². The molecule has 3 aromatic rings. The number of hydrogen-bond donors (Lipinski definition) is 1. The van der Waals surface area contributed by atoms with Crippen LogP contribution in [0, 0.1) is 0 Å². The van der Waals surface area contributed by atoms with Crippen molar-refractivity contribution in [1.29, 1.82) is 0 Å². The smallest absolute Gasteiger partial charge is 0.161 e. The van der Waals surface area contributed by atoms with Gasteiger partial charge in [-0.3, -0.25) is 4.90 Å². The van der Waals surface area contributed by atoms with Crippen molar-refractivity contribution in [2.45, 2.75) is 38.5 Å². The number of nitrogens with zero attached hydrogens (tertiary/aromatic N) is 3. The lowest BCUT2D eigenvalue weighted by molar-refractivity contribution is -0.0646. The average Bonchev–Trinajstić information content (AvgIpc) is 3.28. The van der Waals surface area contributed by atoms with E-state index in [0.29, 0.717) is 49.4 Å². The highest BCUT2D eigenvalue weighted by Crippen LogP contribution is 2.29. The third-order valence-corrected chi connectivity index (χ3v) is 6.57. The van der Waals surface area contributed by atoms with Gasteiger partial charge in [0.05, 0.1) is 26.9 Å². The molecule has 2 heterocycles. The van der Waals surface area contributed by atoms with Crippen LogP contribution < -0.4 is 14.2 Å². The molecular formula is C28H36ClN3O5. The molecule has 0 bridgehead atoms. The van der Waals surface area contributed by atoms with E-state index in [-0.39, 0.29) is 13.2 Å². The summed E-state index contributed by atoms with van der Waals surface area (Å²) in [5.41, 5.74) is -0.0612. The molecule has 0 aliphatic carbocycles. The molecule has 37 heavy (non-hydrogen) atoms. The third kappa shape index (κ3) is 7.85. The first-order chi connectivity index (χ1) is 18.0. The molecule has 1 aromatic heterocycles. The molecule has 1 fully saturated rings. The minimum atomic E-state index is -1.13. The monoisotopic (exact) mass is 529 g/mol. The molecule has 0 saturated carbocycles. The summed E-state index contributed by atoms with van der Waals surface area (Å²) in [5, 5.41) is 11.9. The number of benzene rings is 2. The lowest BCUT2D eigenvalue weighted by atomic mass is 10.1. The molecule has 200 valence electrons. The largest absolute Gasteiger partial charge is 0.493 e.